The second-order valence-electron chi connectivity index (χ2n) is 5.35. The molecule has 0 atom stereocenters. The van der Waals surface area contributed by atoms with E-state index in [0.29, 0.717) is 36.9 Å². The number of anilines is 2. The number of benzene rings is 1. The van der Waals surface area contributed by atoms with Gasteiger partial charge in [-0.2, -0.15) is 12.7 Å². The summed E-state index contributed by atoms with van der Waals surface area (Å²) in [6, 6.07) is 7.02. The number of nitrogen functional groups attached to an aromatic ring is 1. The number of nitrogens with zero attached hydrogens (tertiary/aromatic N) is 2. The van der Waals surface area contributed by atoms with E-state index >= 15 is 0 Å². The summed E-state index contributed by atoms with van der Waals surface area (Å²) < 4.78 is 28.5. The molecule has 1 heterocycles. The third-order valence-electron chi connectivity index (χ3n) is 3.79. The molecule has 1 fully saturated rings. The lowest BCUT2D eigenvalue weighted by Gasteiger charge is -2.34. The third-order valence-corrected chi connectivity index (χ3v) is 5.84. The highest BCUT2D eigenvalue weighted by molar-refractivity contribution is 7.90. The topological polar surface area (TPSA) is 66.6 Å². The van der Waals surface area contributed by atoms with E-state index in [1.165, 1.54) is 4.31 Å². The average Bonchev–Trinajstić information content (AvgIpc) is 2.40. The quantitative estimate of drug-likeness (QED) is 0.865. The van der Waals surface area contributed by atoms with Crippen LogP contribution in [0.5, 0.6) is 0 Å². The predicted octanol–water partition coefficient (Wildman–Crippen LogP) is 2.07. The van der Waals surface area contributed by atoms with Gasteiger partial charge in [-0.1, -0.05) is 13.0 Å². The molecule has 20 heavy (non-hydrogen) atoms. The molecule has 0 amide bonds. The molecule has 1 aliphatic rings. The monoisotopic (exact) mass is 297 g/mol. The van der Waals surface area contributed by atoms with Crippen LogP contribution in [0.2, 0.25) is 0 Å². The first kappa shape index (κ1) is 15.1. The van der Waals surface area contributed by atoms with Crippen LogP contribution in [0.3, 0.4) is 0 Å². The zero-order valence-electron chi connectivity index (χ0n) is 12.1. The molecular formula is C14H23N3O2S. The van der Waals surface area contributed by atoms with Gasteiger partial charge in [0.15, 0.2) is 0 Å². The van der Waals surface area contributed by atoms with Gasteiger partial charge in [0.25, 0.3) is 0 Å². The van der Waals surface area contributed by atoms with Crippen molar-refractivity contribution in [2.45, 2.75) is 26.7 Å². The number of hydrogen-bond acceptors (Lipinski definition) is 3. The van der Waals surface area contributed by atoms with E-state index in [9.17, 15) is 8.42 Å². The van der Waals surface area contributed by atoms with Crippen LogP contribution in [-0.4, -0.2) is 32.4 Å². The van der Waals surface area contributed by atoms with Crippen LogP contribution < -0.4 is 10.0 Å². The minimum Gasteiger partial charge on any atom is -0.399 e. The number of nitrogens with two attached hydrogens (primary N) is 1. The van der Waals surface area contributed by atoms with Crippen LogP contribution in [-0.2, 0) is 10.2 Å². The van der Waals surface area contributed by atoms with E-state index in [1.54, 1.807) is 28.6 Å². The molecule has 1 saturated heterocycles. The molecule has 1 aliphatic heterocycles. The van der Waals surface area contributed by atoms with Crippen molar-refractivity contribution < 1.29 is 8.42 Å². The van der Waals surface area contributed by atoms with Gasteiger partial charge < -0.3 is 5.73 Å². The second kappa shape index (κ2) is 6.01. The molecule has 1 aromatic rings. The number of piperidine rings is 1. The minimum atomic E-state index is -3.46. The molecule has 0 radical (unpaired) electrons. The minimum absolute atomic E-state index is 0.401. The molecule has 0 saturated carbocycles. The smallest absolute Gasteiger partial charge is 0.304 e. The fraction of sp³-hybridized carbons (Fsp3) is 0.571. The highest BCUT2D eigenvalue weighted by Crippen LogP contribution is 2.25. The summed E-state index contributed by atoms with van der Waals surface area (Å²) in [6.45, 7) is 5.61. The highest BCUT2D eigenvalue weighted by Gasteiger charge is 2.31. The standard InChI is InChI=1S/C14H23N3O2S/c1-3-17(14-6-4-5-13(15)11-14)20(18,19)16-9-7-12(2)8-10-16/h4-6,11-12H,3,7-10,15H2,1-2H3. The van der Waals surface area contributed by atoms with Crippen LogP contribution in [0, 0.1) is 5.92 Å². The van der Waals surface area contributed by atoms with E-state index in [4.69, 9.17) is 5.73 Å². The van der Waals surface area contributed by atoms with E-state index in [0.717, 1.165) is 12.8 Å². The summed E-state index contributed by atoms with van der Waals surface area (Å²) in [5, 5.41) is 0. The molecule has 0 unspecified atom stereocenters. The first-order valence-corrected chi connectivity index (χ1v) is 8.48. The Morgan fingerprint density at radius 1 is 1.35 bits per heavy atom. The average molecular weight is 297 g/mol. The maximum atomic E-state index is 12.7. The lowest BCUT2D eigenvalue weighted by Crippen LogP contribution is -2.47. The lowest BCUT2D eigenvalue weighted by molar-refractivity contribution is 0.287. The molecule has 0 bridgehead atoms. The van der Waals surface area contributed by atoms with E-state index in [2.05, 4.69) is 6.92 Å². The predicted molar refractivity (Wildman–Crippen MR) is 82.8 cm³/mol. The lowest BCUT2D eigenvalue weighted by atomic mass is 10.0. The van der Waals surface area contributed by atoms with Gasteiger partial charge in [0.2, 0.25) is 0 Å². The van der Waals surface area contributed by atoms with Gasteiger partial charge in [-0.15, -0.1) is 0 Å². The molecular weight excluding hydrogens is 274 g/mol. The summed E-state index contributed by atoms with van der Waals surface area (Å²) in [6.07, 6.45) is 1.85. The Morgan fingerprint density at radius 3 is 2.55 bits per heavy atom. The van der Waals surface area contributed by atoms with Crippen molar-refractivity contribution >= 4 is 21.6 Å². The van der Waals surface area contributed by atoms with Gasteiger partial charge in [0.1, 0.15) is 0 Å². The molecule has 112 valence electrons. The SMILES string of the molecule is CCN(c1cccc(N)c1)S(=O)(=O)N1CCC(C)CC1. The first-order chi connectivity index (χ1) is 9.45. The zero-order valence-corrected chi connectivity index (χ0v) is 12.9. The Labute approximate surface area is 121 Å². The molecule has 5 nitrogen and oxygen atoms in total. The van der Waals surface area contributed by atoms with Crippen molar-refractivity contribution in [3.05, 3.63) is 24.3 Å². The van der Waals surface area contributed by atoms with Crippen LogP contribution in [0.15, 0.2) is 24.3 Å². The Balaban J connectivity index is 2.26. The Morgan fingerprint density at radius 2 is 2.00 bits per heavy atom. The van der Waals surface area contributed by atoms with Crippen LogP contribution >= 0.6 is 0 Å². The normalized spacial score (nSPS) is 18.1. The largest absolute Gasteiger partial charge is 0.399 e. The molecule has 6 heteroatoms. The molecule has 2 N–H and O–H groups in total. The molecule has 0 aliphatic carbocycles. The van der Waals surface area contributed by atoms with Crippen molar-refractivity contribution in [2.75, 3.05) is 29.7 Å². The summed E-state index contributed by atoms with van der Waals surface area (Å²) >= 11 is 0. The zero-order chi connectivity index (χ0) is 14.8. The molecule has 0 aromatic heterocycles. The highest BCUT2D eigenvalue weighted by atomic mass is 32.2. The molecule has 2 rings (SSSR count). The van der Waals surface area contributed by atoms with Crippen molar-refractivity contribution in [1.82, 2.24) is 4.31 Å². The van der Waals surface area contributed by atoms with Gasteiger partial charge >= 0.3 is 10.2 Å². The van der Waals surface area contributed by atoms with Crippen LogP contribution in [0.1, 0.15) is 26.7 Å². The fourth-order valence-corrected chi connectivity index (χ4v) is 4.17. The van der Waals surface area contributed by atoms with Gasteiger partial charge in [-0.05, 0) is 43.9 Å². The maximum absolute atomic E-state index is 12.7. The van der Waals surface area contributed by atoms with Crippen LogP contribution in [0.4, 0.5) is 11.4 Å². The van der Waals surface area contributed by atoms with Gasteiger partial charge in [0.05, 0.1) is 5.69 Å². The van der Waals surface area contributed by atoms with Gasteiger partial charge in [-0.25, -0.2) is 0 Å². The first-order valence-electron chi connectivity index (χ1n) is 7.08. The van der Waals surface area contributed by atoms with E-state index in [-0.39, 0.29) is 0 Å². The maximum Gasteiger partial charge on any atom is 0.304 e. The summed E-state index contributed by atoms with van der Waals surface area (Å²) in [5.41, 5.74) is 6.96. The van der Waals surface area contributed by atoms with Crippen LogP contribution in [0.25, 0.3) is 0 Å². The second-order valence-corrected chi connectivity index (χ2v) is 7.20. The van der Waals surface area contributed by atoms with Gasteiger partial charge in [-0.3, -0.25) is 4.31 Å². The van der Waals surface area contributed by atoms with Crippen molar-refractivity contribution in [3.63, 3.8) is 0 Å². The Kier molecular flexibility index (Phi) is 4.55. The van der Waals surface area contributed by atoms with Crippen molar-refractivity contribution in [3.8, 4) is 0 Å². The van der Waals surface area contributed by atoms with Crippen molar-refractivity contribution in [2.24, 2.45) is 5.92 Å². The fourth-order valence-electron chi connectivity index (χ4n) is 2.51. The number of rotatable bonds is 4. The Bertz CT molecular complexity index is 551. The summed E-state index contributed by atoms with van der Waals surface area (Å²) in [5.74, 6) is 0.601. The van der Waals surface area contributed by atoms with Crippen molar-refractivity contribution in [1.29, 1.82) is 0 Å². The third kappa shape index (κ3) is 3.07. The van der Waals surface area contributed by atoms with E-state index in [1.807, 2.05) is 6.92 Å². The Hall–Kier alpha value is -1.27. The molecule has 1 aromatic carbocycles. The number of hydrogen-bond donors (Lipinski definition) is 1. The molecule has 0 spiro atoms. The van der Waals surface area contributed by atoms with E-state index < -0.39 is 10.2 Å². The summed E-state index contributed by atoms with van der Waals surface area (Å²) in [4.78, 5) is 0. The summed E-state index contributed by atoms with van der Waals surface area (Å²) in [7, 11) is -3.46. The van der Waals surface area contributed by atoms with Gasteiger partial charge in [0, 0.05) is 25.3 Å².